The maximum Gasteiger partial charge on any atom is 0.216 e. The van der Waals surface area contributed by atoms with Crippen LogP contribution in [0.2, 0.25) is 0 Å². The molecule has 0 aromatic carbocycles. The SMILES string of the molecule is CC1c2cnc(-c3ncccn3)nc2CCN1c1cc(N2CCOCC2)cc(F)n1. The highest BCUT2D eigenvalue weighted by Gasteiger charge is 2.28. The number of nitrogens with zero attached hydrogens (tertiary/aromatic N) is 7. The van der Waals surface area contributed by atoms with Gasteiger partial charge < -0.3 is 14.5 Å². The summed E-state index contributed by atoms with van der Waals surface area (Å²) in [5.41, 5.74) is 2.83. The summed E-state index contributed by atoms with van der Waals surface area (Å²) < 4.78 is 19.8. The first-order valence-corrected chi connectivity index (χ1v) is 10.1. The Balaban J connectivity index is 1.43. The van der Waals surface area contributed by atoms with Crippen molar-refractivity contribution in [2.75, 3.05) is 42.6 Å². The van der Waals surface area contributed by atoms with Gasteiger partial charge in [0.1, 0.15) is 5.82 Å². The molecule has 1 unspecified atom stereocenters. The number of pyridine rings is 1. The second-order valence-electron chi connectivity index (χ2n) is 7.39. The lowest BCUT2D eigenvalue weighted by Crippen LogP contribution is -2.37. The molecule has 3 aromatic heterocycles. The van der Waals surface area contributed by atoms with Crippen molar-refractivity contribution in [1.29, 1.82) is 0 Å². The van der Waals surface area contributed by atoms with E-state index in [1.165, 1.54) is 6.07 Å². The average Bonchev–Trinajstić information content (AvgIpc) is 2.80. The Hall–Kier alpha value is -3.20. The van der Waals surface area contributed by atoms with E-state index in [9.17, 15) is 4.39 Å². The lowest BCUT2D eigenvalue weighted by Gasteiger charge is -2.36. The van der Waals surface area contributed by atoms with Gasteiger partial charge in [-0.2, -0.15) is 4.39 Å². The van der Waals surface area contributed by atoms with Crippen molar-refractivity contribution in [3.8, 4) is 11.6 Å². The fourth-order valence-electron chi connectivity index (χ4n) is 4.02. The number of ether oxygens (including phenoxy) is 1. The van der Waals surface area contributed by atoms with Crippen LogP contribution in [-0.2, 0) is 11.2 Å². The van der Waals surface area contributed by atoms with Crippen molar-refractivity contribution in [3.05, 3.63) is 54.0 Å². The van der Waals surface area contributed by atoms with E-state index in [-0.39, 0.29) is 6.04 Å². The topological polar surface area (TPSA) is 80.2 Å². The van der Waals surface area contributed by atoms with Crippen molar-refractivity contribution in [2.24, 2.45) is 0 Å². The Labute approximate surface area is 173 Å². The van der Waals surface area contributed by atoms with Crippen LogP contribution in [0, 0.1) is 5.95 Å². The lowest BCUT2D eigenvalue weighted by atomic mass is 9.99. The van der Waals surface area contributed by atoms with Gasteiger partial charge in [-0.15, -0.1) is 0 Å². The molecule has 0 spiro atoms. The second-order valence-corrected chi connectivity index (χ2v) is 7.39. The summed E-state index contributed by atoms with van der Waals surface area (Å²) in [6, 6.07) is 5.19. The van der Waals surface area contributed by atoms with Gasteiger partial charge in [0.25, 0.3) is 0 Å². The maximum atomic E-state index is 14.4. The van der Waals surface area contributed by atoms with Gasteiger partial charge in [0.15, 0.2) is 11.6 Å². The molecule has 0 radical (unpaired) electrons. The number of aromatic nitrogens is 5. The Morgan fingerprint density at radius 1 is 1.00 bits per heavy atom. The van der Waals surface area contributed by atoms with Gasteiger partial charge in [-0.1, -0.05) is 0 Å². The largest absolute Gasteiger partial charge is 0.378 e. The fourth-order valence-corrected chi connectivity index (χ4v) is 4.02. The third-order valence-corrected chi connectivity index (χ3v) is 5.61. The zero-order chi connectivity index (χ0) is 20.5. The van der Waals surface area contributed by atoms with Crippen molar-refractivity contribution < 1.29 is 9.13 Å². The minimum absolute atomic E-state index is 0.0219. The number of halogens is 1. The van der Waals surface area contributed by atoms with Gasteiger partial charge >= 0.3 is 0 Å². The molecule has 0 N–H and O–H groups in total. The smallest absolute Gasteiger partial charge is 0.216 e. The first kappa shape index (κ1) is 18.8. The molecule has 3 aromatic rings. The van der Waals surface area contributed by atoms with Crippen LogP contribution >= 0.6 is 0 Å². The summed E-state index contributed by atoms with van der Waals surface area (Å²) in [5, 5.41) is 0. The molecule has 9 heteroatoms. The third kappa shape index (κ3) is 3.56. The number of hydrogen-bond acceptors (Lipinski definition) is 8. The number of hydrogen-bond donors (Lipinski definition) is 0. The third-order valence-electron chi connectivity index (χ3n) is 5.61. The van der Waals surface area contributed by atoms with E-state index < -0.39 is 5.95 Å². The number of anilines is 2. The molecule has 0 aliphatic carbocycles. The highest BCUT2D eigenvalue weighted by molar-refractivity contribution is 5.57. The predicted octanol–water partition coefficient (Wildman–Crippen LogP) is 2.43. The minimum atomic E-state index is -0.472. The van der Waals surface area contributed by atoms with Crippen LogP contribution in [0.3, 0.4) is 0 Å². The summed E-state index contributed by atoms with van der Waals surface area (Å²) >= 11 is 0. The number of rotatable bonds is 3. The van der Waals surface area contributed by atoms with E-state index in [4.69, 9.17) is 9.72 Å². The lowest BCUT2D eigenvalue weighted by molar-refractivity contribution is 0.122. The average molecular weight is 407 g/mol. The summed E-state index contributed by atoms with van der Waals surface area (Å²) in [6.45, 7) is 5.56. The molecule has 0 bridgehead atoms. The van der Waals surface area contributed by atoms with Gasteiger partial charge in [-0.3, -0.25) is 0 Å². The van der Waals surface area contributed by atoms with E-state index in [0.29, 0.717) is 43.6 Å². The zero-order valence-electron chi connectivity index (χ0n) is 16.7. The Bertz CT molecular complexity index is 1040. The quantitative estimate of drug-likeness (QED) is 0.613. The minimum Gasteiger partial charge on any atom is -0.378 e. The summed E-state index contributed by atoms with van der Waals surface area (Å²) in [6.07, 6.45) is 5.90. The molecule has 0 amide bonds. The predicted molar refractivity (Wildman–Crippen MR) is 110 cm³/mol. The molecule has 1 atom stereocenters. The fraction of sp³-hybridized carbons (Fsp3) is 0.381. The van der Waals surface area contributed by atoms with Gasteiger partial charge in [0, 0.05) is 68.0 Å². The van der Waals surface area contributed by atoms with Crippen LogP contribution in [0.1, 0.15) is 24.2 Å². The molecule has 8 nitrogen and oxygen atoms in total. The van der Waals surface area contributed by atoms with E-state index in [1.54, 1.807) is 18.5 Å². The van der Waals surface area contributed by atoms with Crippen molar-refractivity contribution >= 4 is 11.5 Å². The highest BCUT2D eigenvalue weighted by Crippen LogP contribution is 2.34. The van der Waals surface area contributed by atoms with Gasteiger partial charge in [0.2, 0.25) is 5.95 Å². The maximum absolute atomic E-state index is 14.4. The Morgan fingerprint density at radius 2 is 1.80 bits per heavy atom. The molecule has 2 aliphatic heterocycles. The van der Waals surface area contributed by atoms with Crippen molar-refractivity contribution in [1.82, 2.24) is 24.9 Å². The van der Waals surface area contributed by atoms with Crippen LogP contribution in [0.5, 0.6) is 0 Å². The molecule has 5 rings (SSSR count). The Kier molecular flexibility index (Phi) is 4.96. The number of fused-ring (bicyclic) bond motifs is 1. The van der Waals surface area contributed by atoms with E-state index in [1.807, 2.05) is 12.3 Å². The summed E-state index contributed by atoms with van der Waals surface area (Å²) in [4.78, 5) is 26.0. The van der Waals surface area contributed by atoms with Gasteiger partial charge in [-0.25, -0.2) is 24.9 Å². The van der Waals surface area contributed by atoms with Crippen LogP contribution in [0.25, 0.3) is 11.6 Å². The van der Waals surface area contributed by atoms with Gasteiger partial charge in [0.05, 0.1) is 24.9 Å². The van der Waals surface area contributed by atoms with E-state index >= 15 is 0 Å². The molecule has 5 heterocycles. The van der Waals surface area contributed by atoms with Crippen LogP contribution in [-0.4, -0.2) is 57.8 Å². The second kappa shape index (κ2) is 7.91. The van der Waals surface area contributed by atoms with Gasteiger partial charge in [-0.05, 0) is 13.0 Å². The highest BCUT2D eigenvalue weighted by atomic mass is 19.1. The first-order chi connectivity index (χ1) is 14.7. The molecular formula is C21H22FN7O. The van der Waals surface area contributed by atoms with E-state index in [0.717, 1.165) is 30.0 Å². The van der Waals surface area contributed by atoms with E-state index in [2.05, 4.69) is 36.7 Å². The van der Waals surface area contributed by atoms with Crippen LogP contribution in [0.15, 0.2) is 36.8 Å². The van der Waals surface area contributed by atoms with Crippen molar-refractivity contribution in [2.45, 2.75) is 19.4 Å². The molecule has 30 heavy (non-hydrogen) atoms. The molecule has 2 aliphatic rings. The standard InChI is InChI=1S/C21H22FN7O/c1-14-16-13-25-21(20-23-4-2-5-24-20)26-17(16)3-6-29(14)19-12-15(11-18(22)27-19)28-7-9-30-10-8-28/h2,4-5,11-14H,3,6-10H2,1H3. The summed E-state index contributed by atoms with van der Waals surface area (Å²) in [5.74, 6) is 1.19. The Morgan fingerprint density at radius 3 is 2.60 bits per heavy atom. The molecular weight excluding hydrogens is 385 g/mol. The zero-order valence-corrected chi connectivity index (χ0v) is 16.7. The van der Waals surface area contributed by atoms with Crippen molar-refractivity contribution in [3.63, 3.8) is 0 Å². The van der Waals surface area contributed by atoms with Crippen LogP contribution < -0.4 is 9.80 Å². The monoisotopic (exact) mass is 407 g/mol. The molecule has 154 valence electrons. The normalized spacial score (nSPS) is 18.9. The first-order valence-electron chi connectivity index (χ1n) is 10.1. The van der Waals surface area contributed by atoms with Crippen LogP contribution in [0.4, 0.5) is 15.9 Å². The number of morpholine rings is 1. The molecule has 0 saturated carbocycles. The summed E-state index contributed by atoms with van der Waals surface area (Å²) in [7, 11) is 0. The molecule has 1 fully saturated rings. The molecule has 1 saturated heterocycles.